The van der Waals surface area contributed by atoms with Gasteiger partial charge in [0.1, 0.15) is 5.82 Å². The molecule has 0 atom stereocenters. The van der Waals surface area contributed by atoms with Gasteiger partial charge in [-0.2, -0.15) is 0 Å². The van der Waals surface area contributed by atoms with Crippen LogP contribution < -0.4 is 10.6 Å². The first-order valence-electron chi connectivity index (χ1n) is 10.1. The Bertz CT molecular complexity index is 767. The van der Waals surface area contributed by atoms with Crippen LogP contribution in [0.3, 0.4) is 0 Å². The van der Waals surface area contributed by atoms with E-state index in [-0.39, 0.29) is 5.82 Å². The predicted octanol–water partition coefficient (Wildman–Crippen LogP) is 2.52. The number of H-pyrrole nitrogens is 1. The summed E-state index contributed by atoms with van der Waals surface area (Å²) in [7, 11) is 3.56. The summed E-state index contributed by atoms with van der Waals surface area (Å²) in [5.41, 5.74) is 2.08. The van der Waals surface area contributed by atoms with Crippen molar-refractivity contribution in [3.05, 3.63) is 35.8 Å². The van der Waals surface area contributed by atoms with Crippen LogP contribution >= 0.6 is 0 Å². The van der Waals surface area contributed by atoms with Gasteiger partial charge in [0, 0.05) is 70.1 Å². The Morgan fingerprint density at radius 3 is 2.93 bits per heavy atom. The largest absolute Gasteiger partial charge is 0.385 e. The number of likely N-dealkylation sites (tertiary alicyclic amines) is 1. The molecular weight excluding hydrogens is 357 g/mol. The van der Waals surface area contributed by atoms with Gasteiger partial charge in [-0.15, -0.1) is 0 Å². The molecule has 0 aliphatic carbocycles. The Hall–Kier alpha value is -2.12. The smallest absolute Gasteiger partial charge is 0.191 e. The molecule has 0 saturated carbocycles. The molecule has 2 aromatic rings. The molecule has 154 valence electrons. The lowest BCUT2D eigenvalue weighted by Crippen LogP contribution is -2.49. The standard InChI is InChI=1S/C21H32FN5O/c1-23-21(26-18-7-11-27(12-8-18)10-3-13-28-2)24-9-6-16-15-25-20-5-4-17(22)14-19(16)20/h4-5,14-15,18,25H,3,6-13H2,1-2H3,(H2,23,24,26). The Labute approximate surface area is 166 Å². The average Bonchev–Trinajstić information content (AvgIpc) is 3.10. The number of aliphatic imine (C=N–C) groups is 1. The number of guanidine groups is 1. The number of piperidine rings is 1. The first kappa shape index (κ1) is 20.6. The van der Waals surface area contributed by atoms with Gasteiger partial charge in [-0.25, -0.2) is 4.39 Å². The molecule has 7 heteroatoms. The van der Waals surface area contributed by atoms with Crippen LogP contribution in [-0.2, 0) is 11.2 Å². The third kappa shape index (κ3) is 5.69. The second-order valence-electron chi connectivity index (χ2n) is 7.36. The zero-order valence-corrected chi connectivity index (χ0v) is 16.9. The van der Waals surface area contributed by atoms with Gasteiger partial charge in [-0.05, 0) is 49.4 Å². The highest BCUT2D eigenvalue weighted by Crippen LogP contribution is 2.19. The number of nitrogens with one attached hydrogen (secondary N) is 3. The highest BCUT2D eigenvalue weighted by Gasteiger charge is 2.19. The van der Waals surface area contributed by atoms with Gasteiger partial charge in [-0.1, -0.05) is 0 Å². The minimum absolute atomic E-state index is 0.202. The molecule has 0 radical (unpaired) electrons. The van der Waals surface area contributed by atoms with Gasteiger partial charge in [0.2, 0.25) is 0 Å². The minimum atomic E-state index is -0.202. The summed E-state index contributed by atoms with van der Waals surface area (Å²) >= 11 is 0. The van der Waals surface area contributed by atoms with E-state index in [4.69, 9.17) is 4.74 Å². The van der Waals surface area contributed by atoms with Crippen LogP contribution in [0, 0.1) is 5.82 Å². The zero-order valence-electron chi connectivity index (χ0n) is 16.9. The van der Waals surface area contributed by atoms with Crippen molar-refractivity contribution in [1.82, 2.24) is 20.5 Å². The molecule has 3 rings (SSSR count). The Balaban J connectivity index is 1.41. The maximum atomic E-state index is 13.5. The summed E-state index contributed by atoms with van der Waals surface area (Å²) in [4.78, 5) is 10.1. The maximum absolute atomic E-state index is 13.5. The number of ether oxygens (including phenoxy) is 1. The van der Waals surface area contributed by atoms with Crippen LogP contribution in [0.5, 0.6) is 0 Å². The van der Waals surface area contributed by atoms with Crippen molar-refractivity contribution < 1.29 is 9.13 Å². The molecule has 1 aliphatic rings. The lowest BCUT2D eigenvalue weighted by molar-refractivity contribution is 0.155. The predicted molar refractivity (Wildman–Crippen MR) is 112 cm³/mol. The van der Waals surface area contributed by atoms with Crippen LogP contribution in [0.1, 0.15) is 24.8 Å². The van der Waals surface area contributed by atoms with E-state index in [1.807, 2.05) is 6.20 Å². The number of fused-ring (bicyclic) bond motifs is 1. The molecule has 1 aromatic carbocycles. The summed E-state index contributed by atoms with van der Waals surface area (Å²) in [6.45, 7) is 4.91. The van der Waals surface area contributed by atoms with Crippen LogP contribution in [0.2, 0.25) is 0 Å². The number of methoxy groups -OCH3 is 1. The van der Waals surface area contributed by atoms with Gasteiger partial charge < -0.3 is 25.3 Å². The molecule has 1 aliphatic heterocycles. The molecule has 3 N–H and O–H groups in total. The fourth-order valence-corrected chi connectivity index (χ4v) is 3.79. The summed E-state index contributed by atoms with van der Waals surface area (Å²) < 4.78 is 18.6. The normalized spacial score (nSPS) is 16.6. The Morgan fingerprint density at radius 1 is 1.36 bits per heavy atom. The number of halogens is 1. The number of rotatable bonds is 8. The van der Waals surface area contributed by atoms with Crippen molar-refractivity contribution in [3.8, 4) is 0 Å². The quantitative estimate of drug-likeness (QED) is 0.369. The summed E-state index contributed by atoms with van der Waals surface area (Å²) in [5.74, 6) is 0.635. The molecule has 1 aromatic heterocycles. The first-order valence-corrected chi connectivity index (χ1v) is 10.1. The summed E-state index contributed by atoms with van der Waals surface area (Å²) in [5, 5.41) is 7.88. The van der Waals surface area contributed by atoms with E-state index < -0.39 is 0 Å². The number of hydrogen-bond donors (Lipinski definition) is 3. The molecule has 0 amide bonds. The lowest BCUT2D eigenvalue weighted by Gasteiger charge is -2.33. The average molecular weight is 390 g/mol. The van der Waals surface area contributed by atoms with E-state index in [0.29, 0.717) is 6.04 Å². The maximum Gasteiger partial charge on any atom is 0.191 e. The molecule has 0 unspecified atom stereocenters. The monoisotopic (exact) mass is 389 g/mol. The number of nitrogens with zero attached hydrogens (tertiary/aromatic N) is 2. The van der Waals surface area contributed by atoms with Crippen molar-refractivity contribution in [3.63, 3.8) is 0 Å². The second-order valence-corrected chi connectivity index (χ2v) is 7.36. The summed E-state index contributed by atoms with van der Waals surface area (Å²) in [6, 6.07) is 5.31. The van der Waals surface area contributed by atoms with Crippen LogP contribution in [0.15, 0.2) is 29.4 Å². The van der Waals surface area contributed by atoms with Crippen molar-refractivity contribution in [2.75, 3.05) is 46.9 Å². The minimum Gasteiger partial charge on any atom is -0.385 e. The molecule has 1 fully saturated rings. The fourth-order valence-electron chi connectivity index (χ4n) is 3.79. The molecule has 0 bridgehead atoms. The van der Waals surface area contributed by atoms with Crippen LogP contribution in [0.25, 0.3) is 10.9 Å². The van der Waals surface area contributed by atoms with Gasteiger partial charge >= 0.3 is 0 Å². The lowest BCUT2D eigenvalue weighted by atomic mass is 10.1. The number of aromatic amines is 1. The highest BCUT2D eigenvalue weighted by molar-refractivity contribution is 5.83. The van der Waals surface area contributed by atoms with Crippen molar-refractivity contribution in [2.45, 2.75) is 31.7 Å². The highest BCUT2D eigenvalue weighted by atomic mass is 19.1. The fraction of sp³-hybridized carbons (Fsp3) is 0.571. The third-order valence-corrected chi connectivity index (χ3v) is 5.39. The van der Waals surface area contributed by atoms with Crippen LogP contribution in [-0.4, -0.2) is 68.8 Å². The SMILES string of the molecule is CN=C(NCCc1c[nH]c2ccc(F)cc12)NC1CCN(CCCOC)CC1. The van der Waals surface area contributed by atoms with Gasteiger partial charge in [0.25, 0.3) is 0 Å². The van der Waals surface area contributed by atoms with Crippen molar-refractivity contribution >= 4 is 16.9 Å². The Morgan fingerprint density at radius 2 is 2.18 bits per heavy atom. The van der Waals surface area contributed by atoms with E-state index in [2.05, 4.69) is 25.5 Å². The molecule has 28 heavy (non-hydrogen) atoms. The molecule has 6 nitrogen and oxygen atoms in total. The number of benzene rings is 1. The molecule has 1 saturated heterocycles. The van der Waals surface area contributed by atoms with E-state index in [1.165, 1.54) is 6.07 Å². The molecule has 2 heterocycles. The number of hydrogen-bond acceptors (Lipinski definition) is 3. The molecule has 0 spiro atoms. The van der Waals surface area contributed by atoms with Crippen molar-refractivity contribution in [2.24, 2.45) is 4.99 Å². The van der Waals surface area contributed by atoms with E-state index in [0.717, 1.165) is 80.9 Å². The molecular formula is C21H32FN5O. The number of aromatic nitrogens is 1. The van der Waals surface area contributed by atoms with E-state index >= 15 is 0 Å². The zero-order chi connectivity index (χ0) is 19.8. The van der Waals surface area contributed by atoms with Crippen LogP contribution in [0.4, 0.5) is 4.39 Å². The van der Waals surface area contributed by atoms with Gasteiger partial charge in [0.05, 0.1) is 0 Å². The second kappa shape index (κ2) is 10.4. The summed E-state index contributed by atoms with van der Waals surface area (Å²) in [6.07, 6.45) is 6.10. The Kier molecular flexibility index (Phi) is 7.68. The van der Waals surface area contributed by atoms with Crippen molar-refractivity contribution in [1.29, 1.82) is 0 Å². The van der Waals surface area contributed by atoms with Gasteiger partial charge in [-0.3, -0.25) is 4.99 Å². The van der Waals surface area contributed by atoms with E-state index in [9.17, 15) is 4.39 Å². The van der Waals surface area contributed by atoms with Gasteiger partial charge in [0.15, 0.2) is 5.96 Å². The topological polar surface area (TPSA) is 64.7 Å². The third-order valence-electron chi connectivity index (χ3n) is 5.39. The van der Waals surface area contributed by atoms with E-state index in [1.54, 1.807) is 26.3 Å². The first-order chi connectivity index (χ1) is 13.7.